The summed E-state index contributed by atoms with van der Waals surface area (Å²) in [5.41, 5.74) is 0.844. The number of hydrogen-bond donors (Lipinski definition) is 4. The highest BCUT2D eigenvalue weighted by atomic mass is 16.3. The zero-order chi connectivity index (χ0) is 15.7. The Morgan fingerprint density at radius 1 is 1.05 bits per heavy atom. The van der Waals surface area contributed by atoms with Gasteiger partial charge in [-0.3, -0.25) is 4.79 Å². The predicted molar refractivity (Wildman–Crippen MR) is 78.2 cm³/mol. The lowest BCUT2D eigenvalue weighted by atomic mass is 10.2. The summed E-state index contributed by atoms with van der Waals surface area (Å²) >= 11 is 0. The van der Waals surface area contributed by atoms with Gasteiger partial charge in [0.05, 0.1) is 25.4 Å². The molecule has 1 aromatic carbocycles. The SMILES string of the molecule is O=C(C=Cc1ccccc1)N(CC(O)CO)CC(O)CO. The van der Waals surface area contributed by atoms with E-state index in [1.165, 1.54) is 11.0 Å². The van der Waals surface area contributed by atoms with E-state index >= 15 is 0 Å². The van der Waals surface area contributed by atoms with Gasteiger partial charge >= 0.3 is 0 Å². The van der Waals surface area contributed by atoms with Gasteiger partial charge in [-0.25, -0.2) is 0 Å². The Balaban J connectivity index is 2.71. The van der Waals surface area contributed by atoms with Crippen LogP contribution in [-0.4, -0.2) is 69.7 Å². The van der Waals surface area contributed by atoms with Gasteiger partial charge in [-0.05, 0) is 11.6 Å². The molecular formula is C15H21NO5. The van der Waals surface area contributed by atoms with Crippen LogP contribution in [0.2, 0.25) is 0 Å². The average Bonchev–Trinajstić information content (AvgIpc) is 2.52. The van der Waals surface area contributed by atoms with Gasteiger partial charge in [-0.1, -0.05) is 30.3 Å². The van der Waals surface area contributed by atoms with Crippen LogP contribution in [-0.2, 0) is 4.79 Å². The molecule has 0 bridgehead atoms. The number of hydrogen-bond acceptors (Lipinski definition) is 5. The zero-order valence-corrected chi connectivity index (χ0v) is 11.7. The van der Waals surface area contributed by atoms with Crippen molar-refractivity contribution in [1.82, 2.24) is 4.90 Å². The predicted octanol–water partition coefficient (Wildman–Crippen LogP) is -0.765. The number of carbonyl (C=O) groups is 1. The Kier molecular flexibility index (Phi) is 7.63. The van der Waals surface area contributed by atoms with E-state index in [1.54, 1.807) is 6.08 Å². The minimum Gasteiger partial charge on any atom is -0.394 e. The first-order valence-corrected chi connectivity index (χ1v) is 6.66. The molecule has 0 fully saturated rings. The van der Waals surface area contributed by atoms with Crippen LogP contribution in [0.5, 0.6) is 0 Å². The van der Waals surface area contributed by atoms with Gasteiger partial charge in [0, 0.05) is 19.2 Å². The van der Waals surface area contributed by atoms with Crippen molar-refractivity contribution in [3.05, 3.63) is 42.0 Å². The number of nitrogens with zero attached hydrogens (tertiary/aromatic N) is 1. The molecule has 1 aromatic rings. The maximum atomic E-state index is 12.1. The fourth-order valence-corrected chi connectivity index (χ4v) is 1.72. The van der Waals surface area contributed by atoms with Crippen molar-refractivity contribution in [3.8, 4) is 0 Å². The molecule has 0 aliphatic rings. The Bertz CT molecular complexity index is 437. The molecule has 0 heterocycles. The lowest BCUT2D eigenvalue weighted by Gasteiger charge is -2.25. The number of rotatable bonds is 8. The molecule has 6 nitrogen and oxygen atoms in total. The molecule has 0 saturated carbocycles. The van der Waals surface area contributed by atoms with Crippen LogP contribution in [0.15, 0.2) is 36.4 Å². The molecule has 0 spiro atoms. The lowest BCUT2D eigenvalue weighted by Crippen LogP contribution is -2.43. The Hall–Kier alpha value is -1.73. The van der Waals surface area contributed by atoms with Crippen molar-refractivity contribution in [2.45, 2.75) is 12.2 Å². The van der Waals surface area contributed by atoms with Crippen LogP contribution in [0.25, 0.3) is 6.08 Å². The van der Waals surface area contributed by atoms with Crippen LogP contribution in [0.3, 0.4) is 0 Å². The van der Waals surface area contributed by atoms with Gasteiger partial charge in [0.25, 0.3) is 0 Å². The summed E-state index contributed by atoms with van der Waals surface area (Å²) in [5, 5.41) is 36.6. The van der Waals surface area contributed by atoms with Crippen molar-refractivity contribution in [3.63, 3.8) is 0 Å². The number of benzene rings is 1. The van der Waals surface area contributed by atoms with E-state index < -0.39 is 31.3 Å². The normalized spacial score (nSPS) is 14.1. The second kappa shape index (κ2) is 9.25. The summed E-state index contributed by atoms with van der Waals surface area (Å²) in [6, 6.07) is 9.21. The third-order valence-electron chi connectivity index (χ3n) is 2.81. The third kappa shape index (κ3) is 6.50. The third-order valence-corrected chi connectivity index (χ3v) is 2.81. The summed E-state index contributed by atoms with van der Waals surface area (Å²) in [6.07, 6.45) is 0.755. The van der Waals surface area contributed by atoms with E-state index in [0.717, 1.165) is 5.56 Å². The smallest absolute Gasteiger partial charge is 0.246 e. The maximum absolute atomic E-state index is 12.1. The second-order valence-corrected chi connectivity index (χ2v) is 4.66. The monoisotopic (exact) mass is 295 g/mol. The average molecular weight is 295 g/mol. The molecule has 0 aromatic heterocycles. The molecule has 0 aliphatic heterocycles. The van der Waals surface area contributed by atoms with Crippen molar-refractivity contribution >= 4 is 12.0 Å². The fraction of sp³-hybridized carbons (Fsp3) is 0.400. The van der Waals surface area contributed by atoms with Crippen LogP contribution >= 0.6 is 0 Å². The molecule has 21 heavy (non-hydrogen) atoms. The van der Waals surface area contributed by atoms with Crippen LogP contribution in [0.4, 0.5) is 0 Å². The fourth-order valence-electron chi connectivity index (χ4n) is 1.72. The van der Waals surface area contributed by atoms with E-state index in [2.05, 4.69) is 0 Å². The van der Waals surface area contributed by atoms with Crippen molar-refractivity contribution in [2.24, 2.45) is 0 Å². The lowest BCUT2D eigenvalue weighted by molar-refractivity contribution is -0.129. The van der Waals surface area contributed by atoms with Gasteiger partial charge in [-0.2, -0.15) is 0 Å². The van der Waals surface area contributed by atoms with Gasteiger partial charge in [0.2, 0.25) is 5.91 Å². The van der Waals surface area contributed by atoms with Crippen molar-refractivity contribution < 1.29 is 25.2 Å². The summed E-state index contributed by atoms with van der Waals surface area (Å²) in [4.78, 5) is 13.3. The molecule has 116 valence electrons. The maximum Gasteiger partial charge on any atom is 0.246 e. The van der Waals surface area contributed by atoms with Crippen molar-refractivity contribution in [1.29, 1.82) is 0 Å². The molecular weight excluding hydrogens is 274 g/mol. The summed E-state index contributed by atoms with van der Waals surface area (Å²) in [6.45, 7) is -1.21. The molecule has 2 unspecified atom stereocenters. The molecule has 2 atom stereocenters. The van der Waals surface area contributed by atoms with Gasteiger partial charge in [0.15, 0.2) is 0 Å². The minimum atomic E-state index is -1.09. The molecule has 1 rings (SSSR count). The van der Waals surface area contributed by atoms with Crippen LogP contribution in [0, 0.1) is 0 Å². The standard InChI is InChI=1S/C15H21NO5/c17-10-13(19)8-16(9-14(20)11-18)15(21)7-6-12-4-2-1-3-5-12/h1-7,13-14,17-20H,8-11H2. The first-order valence-electron chi connectivity index (χ1n) is 6.66. The molecule has 0 saturated heterocycles. The van der Waals surface area contributed by atoms with Crippen molar-refractivity contribution in [2.75, 3.05) is 26.3 Å². The number of carbonyl (C=O) groups excluding carboxylic acids is 1. The molecule has 0 radical (unpaired) electrons. The Labute approximate surface area is 123 Å². The Morgan fingerprint density at radius 2 is 1.57 bits per heavy atom. The first-order chi connectivity index (χ1) is 10.1. The topological polar surface area (TPSA) is 101 Å². The van der Waals surface area contributed by atoms with E-state index in [-0.39, 0.29) is 13.1 Å². The second-order valence-electron chi connectivity index (χ2n) is 4.66. The number of amides is 1. The van der Waals surface area contributed by atoms with Crippen LogP contribution in [0.1, 0.15) is 5.56 Å². The van der Waals surface area contributed by atoms with Gasteiger partial charge in [-0.15, -0.1) is 0 Å². The van der Waals surface area contributed by atoms with Gasteiger partial charge < -0.3 is 25.3 Å². The quantitative estimate of drug-likeness (QED) is 0.472. The molecule has 6 heteroatoms. The molecule has 0 aliphatic carbocycles. The minimum absolute atomic E-state index is 0.120. The highest BCUT2D eigenvalue weighted by Gasteiger charge is 2.18. The van der Waals surface area contributed by atoms with Gasteiger partial charge in [0.1, 0.15) is 0 Å². The highest BCUT2D eigenvalue weighted by Crippen LogP contribution is 2.04. The van der Waals surface area contributed by atoms with E-state index in [4.69, 9.17) is 10.2 Å². The number of aliphatic hydroxyl groups is 4. The largest absolute Gasteiger partial charge is 0.394 e. The van der Waals surface area contributed by atoms with Crippen LogP contribution < -0.4 is 0 Å². The number of aliphatic hydroxyl groups excluding tert-OH is 4. The zero-order valence-electron chi connectivity index (χ0n) is 11.7. The molecule has 4 N–H and O–H groups in total. The Morgan fingerprint density at radius 3 is 2.05 bits per heavy atom. The first kappa shape index (κ1) is 17.3. The highest BCUT2D eigenvalue weighted by molar-refractivity contribution is 5.91. The summed E-state index contributed by atoms with van der Waals surface area (Å²) < 4.78 is 0. The summed E-state index contributed by atoms with van der Waals surface area (Å²) in [5.74, 6) is -0.418. The summed E-state index contributed by atoms with van der Waals surface area (Å²) in [7, 11) is 0. The van der Waals surface area contributed by atoms with E-state index in [9.17, 15) is 15.0 Å². The molecule has 1 amide bonds. The van der Waals surface area contributed by atoms with E-state index in [1.807, 2.05) is 30.3 Å². The van der Waals surface area contributed by atoms with E-state index in [0.29, 0.717) is 0 Å².